The van der Waals surface area contributed by atoms with Crippen molar-refractivity contribution in [3.63, 3.8) is 0 Å². The first-order valence-corrected chi connectivity index (χ1v) is 8.46. The van der Waals surface area contributed by atoms with E-state index in [-0.39, 0.29) is 12.5 Å². The van der Waals surface area contributed by atoms with Crippen molar-refractivity contribution in [2.24, 2.45) is 5.10 Å². The fourth-order valence-electron chi connectivity index (χ4n) is 2.61. The van der Waals surface area contributed by atoms with Crippen LogP contribution in [0.15, 0.2) is 53.1 Å². The molecule has 27 heavy (non-hydrogen) atoms. The molecular weight excluding hydrogens is 366 g/mol. The number of hydrogen-bond donors (Lipinski definition) is 0. The second-order valence-electron chi connectivity index (χ2n) is 5.69. The summed E-state index contributed by atoms with van der Waals surface area (Å²) < 4.78 is 10.6. The summed E-state index contributed by atoms with van der Waals surface area (Å²) in [6.07, 6.45) is 1.74. The van der Waals surface area contributed by atoms with E-state index < -0.39 is 0 Å². The molecule has 6 nitrogen and oxygen atoms in total. The van der Waals surface area contributed by atoms with Gasteiger partial charge < -0.3 is 9.47 Å². The van der Waals surface area contributed by atoms with Gasteiger partial charge in [-0.05, 0) is 55.0 Å². The summed E-state index contributed by atoms with van der Waals surface area (Å²) >= 11 is 5.90. The molecule has 0 radical (unpaired) electrons. The summed E-state index contributed by atoms with van der Waals surface area (Å²) in [5, 5.41) is 14.9. The summed E-state index contributed by atoms with van der Waals surface area (Å²) in [7, 11) is 1.52. The highest BCUT2D eigenvalue weighted by Gasteiger charge is 2.28. The van der Waals surface area contributed by atoms with Crippen LogP contribution in [0.5, 0.6) is 11.5 Å². The van der Waals surface area contributed by atoms with Gasteiger partial charge in [-0.15, -0.1) is 0 Å². The lowest BCUT2D eigenvalue weighted by molar-refractivity contribution is -0.114. The molecule has 1 aliphatic rings. The van der Waals surface area contributed by atoms with E-state index in [1.807, 2.05) is 6.07 Å². The molecule has 0 aliphatic carbocycles. The molecule has 0 saturated carbocycles. The number of benzene rings is 2. The van der Waals surface area contributed by atoms with Crippen LogP contribution in [0.3, 0.4) is 0 Å². The van der Waals surface area contributed by atoms with Gasteiger partial charge >= 0.3 is 0 Å². The summed E-state index contributed by atoms with van der Waals surface area (Å²) in [4.78, 5) is 12.8. The highest BCUT2D eigenvalue weighted by Crippen LogP contribution is 2.30. The van der Waals surface area contributed by atoms with Crippen molar-refractivity contribution in [1.82, 2.24) is 0 Å². The predicted octanol–water partition coefficient (Wildman–Crippen LogP) is 4.06. The second kappa shape index (κ2) is 7.94. The van der Waals surface area contributed by atoms with Crippen LogP contribution in [-0.4, -0.2) is 25.3 Å². The third-order valence-electron chi connectivity index (χ3n) is 3.92. The SMILES string of the molecule is COc1cc(/C=C2/C(=O)N(c3ccc(Cl)cc3)N=C2C)ccc1OCC#N. The van der Waals surface area contributed by atoms with Crippen LogP contribution in [-0.2, 0) is 4.79 Å². The van der Waals surface area contributed by atoms with Gasteiger partial charge in [-0.1, -0.05) is 17.7 Å². The number of nitrogens with zero attached hydrogens (tertiary/aromatic N) is 3. The molecule has 0 fully saturated rings. The Kier molecular flexibility index (Phi) is 5.43. The van der Waals surface area contributed by atoms with Gasteiger partial charge in [0, 0.05) is 5.02 Å². The van der Waals surface area contributed by atoms with Crippen molar-refractivity contribution in [2.75, 3.05) is 18.7 Å². The summed E-state index contributed by atoms with van der Waals surface area (Å²) in [6.45, 7) is 1.71. The largest absolute Gasteiger partial charge is 0.493 e. The quantitative estimate of drug-likeness (QED) is 0.732. The Morgan fingerprint density at radius 2 is 1.96 bits per heavy atom. The smallest absolute Gasteiger partial charge is 0.280 e. The Balaban J connectivity index is 1.89. The van der Waals surface area contributed by atoms with Crippen LogP contribution in [0.2, 0.25) is 5.02 Å². The highest BCUT2D eigenvalue weighted by atomic mass is 35.5. The Hall–Kier alpha value is -3.30. The molecule has 0 saturated heterocycles. The third kappa shape index (κ3) is 3.94. The minimum Gasteiger partial charge on any atom is -0.493 e. The van der Waals surface area contributed by atoms with E-state index >= 15 is 0 Å². The number of ether oxygens (including phenoxy) is 2. The lowest BCUT2D eigenvalue weighted by Gasteiger charge is -2.12. The summed E-state index contributed by atoms with van der Waals surface area (Å²) in [5.41, 5.74) is 2.49. The molecule has 0 N–H and O–H groups in total. The Labute approximate surface area is 161 Å². The minimum atomic E-state index is -0.224. The summed E-state index contributed by atoms with van der Waals surface area (Å²) in [5.74, 6) is 0.722. The molecule has 0 aromatic heterocycles. The second-order valence-corrected chi connectivity index (χ2v) is 6.13. The van der Waals surface area contributed by atoms with Gasteiger partial charge in [0.15, 0.2) is 18.1 Å². The average Bonchev–Trinajstić information content (AvgIpc) is 2.95. The van der Waals surface area contributed by atoms with Gasteiger partial charge in [0.1, 0.15) is 6.07 Å². The van der Waals surface area contributed by atoms with Crippen molar-refractivity contribution in [1.29, 1.82) is 5.26 Å². The van der Waals surface area contributed by atoms with Crippen LogP contribution >= 0.6 is 11.6 Å². The van der Waals surface area contributed by atoms with Crippen LogP contribution in [0.4, 0.5) is 5.69 Å². The minimum absolute atomic E-state index is 0.0723. The van der Waals surface area contributed by atoms with E-state index in [2.05, 4.69) is 5.10 Å². The molecule has 0 unspecified atom stereocenters. The van der Waals surface area contributed by atoms with E-state index in [1.54, 1.807) is 55.5 Å². The van der Waals surface area contributed by atoms with E-state index in [0.29, 0.717) is 33.5 Å². The molecule has 2 aromatic carbocycles. The number of rotatable bonds is 5. The van der Waals surface area contributed by atoms with E-state index in [9.17, 15) is 4.79 Å². The maximum atomic E-state index is 12.8. The van der Waals surface area contributed by atoms with E-state index in [0.717, 1.165) is 5.56 Å². The first kappa shape index (κ1) is 18.5. The predicted molar refractivity (Wildman–Crippen MR) is 104 cm³/mol. The zero-order chi connectivity index (χ0) is 19.4. The maximum absolute atomic E-state index is 12.8. The highest BCUT2D eigenvalue weighted by molar-refractivity contribution is 6.32. The Morgan fingerprint density at radius 3 is 2.63 bits per heavy atom. The number of hydrogen-bond acceptors (Lipinski definition) is 5. The van der Waals surface area contributed by atoms with Gasteiger partial charge in [0.2, 0.25) is 0 Å². The van der Waals surface area contributed by atoms with E-state index in [4.69, 9.17) is 26.3 Å². The molecule has 1 aliphatic heterocycles. The number of halogens is 1. The Morgan fingerprint density at radius 1 is 1.22 bits per heavy atom. The van der Waals surface area contributed by atoms with Gasteiger partial charge in [0.25, 0.3) is 5.91 Å². The molecule has 0 atom stereocenters. The third-order valence-corrected chi connectivity index (χ3v) is 4.18. The van der Waals surface area contributed by atoms with Crippen LogP contribution in [0.1, 0.15) is 12.5 Å². The standard InChI is InChI=1S/C20H16ClN3O3/c1-13-17(20(25)24(23-13)16-6-4-15(21)5-7-16)11-14-3-8-18(27-10-9-22)19(12-14)26-2/h3-8,11-12H,10H2,1-2H3/b17-11+. The molecular formula is C20H16ClN3O3. The number of hydrazone groups is 1. The monoisotopic (exact) mass is 381 g/mol. The maximum Gasteiger partial charge on any atom is 0.280 e. The molecule has 3 rings (SSSR count). The molecule has 136 valence electrons. The lowest BCUT2D eigenvalue weighted by Crippen LogP contribution is -2.21. The number of nitriles is 1. The zero-order valence-electron chi connectivity index (χ0n) is 14.8. The zero-order valence-corrected chi connectivity index (χ0v) is 15.5. The van der Waals surface area contributed by atoms with Gasteiger partial charge in [-0.3, -0.25) is 4.79 Å². The van der Waals surface area contributed by atoms with Crippen molar-refractivity contribution < 1.29 is 14.3 Å². The van der Waals surface area contributed by atoms with Crippen molar-refractivity contribution in [2.45, 2.75) is 6.92 Å². The Bertz CT molecular complexity index is 975. The number of carbonyl (C=O) groups excluding carboxylic acids is 1. The van der Waals surface area contributed by atoms with Crippen LogP contribution < -0.4 is 14.5 Å². The molecule has 1 heterocycles. The van der Waals surface area contributed by atoms with E-state index in [1.165, 1.54) is 12.1 Å². The molecule has 7 heteroatoms. The average molecular weight is 382 g/mol. The number of methoxy groups -OCH3 is 1. The fourth-order valence-corrected chi connectivity index (χ4v) is 2.74. The van der Waals surface area contributed by atoms with Gasteiger partial charge in [-0.25, -0.2) is 0 Å². The molecule has 0 spiro atoms. The lowest BCUT2D eigenvalue weighted by atomic mass is 10.1. The van der Waals surface area contributed by atoms with Crippen LogP contribution in [0.25, 0.3) is 6.08 Å². The fraction of sp³-hybridized carbons (Fsp3) is 0.150. The first-order chi connectivity index (χ1) is 13.0. The van der Waals surface area contributed by atoms with Crippen molar-refractivity contribution in [3.8, 4) is 17.6 Å². The number of anilines is 1. The number of carbonyl (C=O) groups is 1. The van der Waals surface area contributed by atoms with Crippen molar-refractivity contribution in [3.05, 3.63) is 58.6 Å². The van der Waals surface area contributed by atoms with Gasteiger partial charge in [-0.2, -0.15) is 15.4 Å². The number of amides is 1. The molecule has 0 bridgehead atoms. The molecule has 1 amide bonds. The van der Waals surface area contributed by atoms with Crippen LogP contribution in [0, 0.1) is 11.3 Å². The van der Waals surface area contributed by atoms with Crippen molar-refractivity contribution >= 4 is 35.0 Å². The summed E-state index contributed by atoms with van der Waals surface area (Å²) in [6, 6.07) is 14.0. The molecule has 2 aromatic rings. The van der Waals surface area contributed by atoms with Gasteiger partial charge in [0.05, 0.1) is 24.1 Å². The first-order valence-electron chi connectivity index (χ1n) is 8.08. The normalized spacial score (nSPS) is 14.9. The topological polar surface area (TPSA) is 74.9 Å².